The smallest absolute Gasteiger partial charge is 0.407 e. The number of amides is 1. The molecule has 0 radical (unpaired) electrons. The largest absolute Gasteiger partial charge is 0.465 e. The molecule has 2 N–H and O–H groups in total. The van der Waals surface area contributed by atoms with Crippen LogP contribution in [0.25, 0.3) is 0 Å². The van der Waals surface area contributed by atoms with Crippen LogP contribution in [0.3, 0.4) is 0 Å². The number of likely N-dealkylation sites (tertiary alicyclic amines) is 1. The number of anilines is 1. The Morgan fingerprint density at radius 2 is 1.73 bits per heavy atom. The first kappa shape index (κ1) is 17.0. The van der Waals surface area contributed by atoms with Gasteiger partial charge in [-0.2, -0.15) is 0 Å². The summed E-state index contributed by atoms with van der Waals surface area (Å²) in [7, 11) is 0. The van der Waals surface area contributed by atoms with Crippen LogP contribution >= 0.6 is 0 Å². The molecule has 1 amide bonds. The van der Waals surface area contributed by atoms with Gasteiger partial charge in [0.05, 0.1) is 12.1 Å². The summed E-state index contributed by atoms with van der Waals surface area (Å²) < 4.78 is 0. The molecule has 0 bridgehead atoms. The van der Waals surface area contributed by atoms with Crippen LogP contribution < -0.4 is 5.32 Å². The molecule has 0 spiro atoms. The lowest BCUT2D eigenvalue weighted by Crippen LogP contribution is -2.37. The molecule has 4 rings (SSSR count). The lowest BCUT2D eigenvalue weighted by atomic mass is 9.75. The predicted octanol–water partition coefficient (Wildman–Crippen LogP) is 5.19. The van der Waals surface area contributed by atoms with Crippen molar-refractivity contribution in [3.63, 3.8) is 0 Å². The highest BCUT2D eigenvalue weighted by Gasteiger charge is 2.47. The highest BCUT2D eigenvalue weighted by molar-refractivity contribution is 5.69. The van der Waals surface area contributed by atoms with Crippen molar-refractivity contribution in [3.05, 3.63) is 65.2 Å². The highest BCUT2D eigenvalue weighted by atomic mass is 16.4. The van der Waals surface area contributed by atoms with Gasteiger partial charge in [-0.1, -0.05) is 63.2 Å². The zero-order chi connectivity index (χ0) is 18.5. The predicted molar refractivity (Wildman–Crippen MR) is 104 cm³/mol. The number of fused-ring (bicyclic) bond motifs is 3. The van der Waals surface area contributed by atoms with Crippen LogP contribution in [0.5, 0.6) is 0 Å². The second-order valence-electron chi connectivity index (χ2n) is 8.42. The van der Waals surface area contributed by atoms with Crippen molar-refractivity contribution in [2.75, 3.05) is 11.9 Å². The maximum atomic E-state index is 11.8. The number of nitrogens with zero attached hydrogens (tertiary/aromatic N) is 1. The van der Waals surface area contributed by atoms with Gasteiger partial charge in [0.1, 0.15) is 0 Å². The number of hydrogen-bond donors (Lipinski definition) is 2. The Morgan fingerprint density at radius 3 is 2.42 bits per heavy atom. The molecular weight excluding hydrogens is 324 g/mol. The monoisotopic (exact) mass is 350 g/mol. The van der Waals surface area contributed by atoms with Crippen molar-refractivity contribution < 1.29 is 9.90 Å². The normalized spacial score (nSPS) is 24.6. The van der Waals surface area contributed by atoms with Crippen LogP contribution in [-0.2, 0) is 5.41 Å². The molecule has 0 aromatic heterocycles. The first-order valence-corrected chi connectivity index (χ1v) is 9.32. The Hall–Kier alpha value is -2.49. The molecule has 2 heterocycles. The molecule has 0 unspecified atom stereocenters. The molecule has 2 aromatic rings. The number of benzene rings is 2. The van der Waals surface area contributed by atoms with Crippen molar-refractivity contribution >= 4 is 11.8 Å². The maximum Gasteiger partial charge on any atom is 0.407 e. The molecule has 1 saturated heterocycles. The van der Waals surface area contributed by atoms with E-state index in [9.17, 15) is 9.90 Å². The Morgan fingerprint density at radius 1 is 1.08 bits per heavy atom. The molecule has 4 heteroatoms. The van der Waals surface area contributed by atoms with Gasteiger partial charge >= 0.3 is 6.09 Å². The Kier molecular flexibility index (Phi) is 3.94. The molecule has 2 aromatic carbocycles. The number of nitrogens with one attached hydrogen (secondary N) is 1. The summed E-state index contributed by atoms with van der Waals surface area (Å²) in [5, 5.41) is 13.5. The van der Waals surface area contributed by atoms with E-state index in [2.05, 4.69) is 62.5 Å². The molecule has 0 aliphatic carbocycles. The molecule has 26 heavy (non-hydrogen) atoms. The van der Waals surface area contributed by atoms with Gasteiger partial charge in [-0.05, 0) is 34.6 Å². The van der Waals surface area contributed by atoms with E-state index in [0.717, 1.165) is 17.7 Å². The Balaban J connectivity index is 1.85. The van der Waals surface area contributed by atoms with Crippen LogP contribution in [0.1, 0.15) is 56.0 Å². The fourth-order valence-corrected chi connectivity index (χ4v) is 4.70. The zero-order valence-electron chi connectivity index (χ0n) is 15.6. The first-order chi connectivity index (χ1) is 12.4. The van der Waals surface area contributed by atoms with Crippen LogP contribution in [0.2, 0.25) is 0 Å². The van der Waals surface area contributed by atoms with E-state index in [4.69, 9.17) is 0 Å². The second-order valence-corrected chi connectivity index (χ2v) is 8.42. The average Bonchev–Trinajstić information content (AvgIpc) is 3.06. The van der Waals surface area contributed by atoms with E-state index in [1.54, 1.807) is 4.90 Å². The first-order valence-electron chi connectivity index (χ1n) is 9.32. The topological polar surface area (TPSA) is 52.6 Å². The van der Waals surface area contributed by atoms with E-state index in [1.165, 1.54) is 11.1 Å². The van der Waals surface area contributed by atoms with Crippen molar-refractivity contribution in [1.82, 2.24) is 4.90 Å². The highest BCUT2D eigenvalue weighted by Crippen LogP contribution is 2.52. The molecular formula is C22H26N2O2. The van der Waals surface area contributed by atoms with Crippen molar-refractivity contribution in [3.8, 4) is 0 Å². The standard InChI is InChI=1S/C22H26N2O2/c1-22(2,3)17-10-6-4-8-14(17)19-16-12-13-24(21(25)26)20(16)15-9-5-7-11-18(15)23-19/h4-11,16,19-20,23H,12-13H2,1-3H3,(H,25,26)/t16-,19+,20+/m1/s1. The molecule has 3 atom stereocenters. The van der Waals surface area contributed by atoms with Gasteiger partial charge in [0.25, 0.3) is 0 Å². The number of rotatable bonds is 1. The SMILES string of the molecule is CC(C)(C)c1ccccc1[C@@H]1Nc2ccccc2[C@H]2[C@@H]1CCN2C(=O)O. The third kappa shape index (κ3) is 2.64. The van der Waals surface area contributed by atoms with Gasteiger partial charge in [-0.15, -0.1) is 0 Å². The van der Waals surface area contributed by atoms with Crippen LogP contribution in [0.4, 0.5) is 10.5 Å². The summed E-state index contributed by atoms with van der Waals surface area (Å²) in [5.74, 6) is 0.240. The Labute approximate surface area is 154 Å². The summed E-state index contributed by atoms with van der Waals surface area (Å²) in [6.45, 7) is 7.30. The fourth-order valence-electron chi connectivity index (χ4n) is 4.70. The van der Waals surface area contributed by atoms with Gasteiger partial charge in [-0.25, -0.2) is 4.79 Å². The molecule has 0 saturated carbocycles. The van der Waals surface area contributed by atoms with Crippen LogP contribution in [-0.4, -0.2) is 22.6 Å². The minimum Gasteiger partial charge on any atom is -0.465 e. The third-order valence-electron chi connectivity index (χ3n) is 5.81. The number of hydrogen-bond acceptors (Lipinski definition) is 2. The van der Waals surface area contributed by atoms with E-state index in [1.807, 2.05) is 12.1 Å². The Bertz CT molecular complexity index is 840. The summed E-state index contributed by atoms with van der Waals surface area (Å²) in [6, 6.07) is 16.8. The number of carbonyl (C=O) groups is 1. The van der Waals surface area contributed by atoms with Crippen LogP contribution in [0, 0.1) is 5.92 Å². The second kappa shape index (κ2) is 6.04. The van der Waals surface area contributed by atoms with Gasteiger partial charge in [0.15, 0.2) is 0 Å². The molecule has 2 aliphatic heterocycles. The number of carboxylic acid groups (broad SMARTS) is 1. The average molecular weight is 350 g/mol. The van der Waals surface area contributed by atoms with Gasteiger partial charge < -0.3 is 15.3 Å². The summed E-state index contributed by atoms with van der Waals surface area (Å²) >= 11 is 0. The molecule has 4 nitrogen and oxygen atoms in total. The summed E-state index contributed by atoms with van der Waals surface area (Å²) in [5.41, 5.74) is 4.80. The fraction of sp³-hybridized carbons (Fsp3) is 0.409. The van der Waals surface area contributed by atoms with E-state index in [-0.39, 0.29) is 23.4 Å². The van der Waals surface area contributed by atoms with Crippen molar-refractivity contribution in [2.24, 2.45) is 5.92 Å². The van der Waals surface area contributed by atoms with Gasteiger partial charge in [0.2, 0.25) is 0 Å². The molecule has 2 aliphatic rings. The number of para-hydroxylation sites is 1. The molecule has 136 valence electrons. The quantitative estimate of drug-likeness (QED) is 0.744. The van der Waals surface area contributed by atoms with Gasteiger partial charge in [-0.3, -0.25) is 0 Å². The van der Waals surface area contributed by atoms with Gasteiger partial charge in [0, 0.05) is 18.2 Å². The maximum absolute atomic E-state index is 11.8. The van der Waals surface area contributed by atoms with Crippen molar-refractivity contribution in [1.29, 1.82) is 0 Å². The lowest BCUT2D eigenvalue weighted by molar-refractivity contribution is 0.132. The minimum absolute atomic E-state index is 0.0375. The molecule has 1 fully saturated rings. The van der Waals surface area contributed by atoms with E-state index in [0.29, 0.717) is 6.54 Å². The van der Waals surface area contributed by atoms with E-state index < -0.39 is 6.09 Å². The summed E-state index contributed by atoms with van der Waals surface area (Å²) in [6.07, 6.45) is 0.0543. The minimum atomic E-state index is -0.822. The van der Waals surface area contributed by atoms with Crippen molar-refractivity contribution in [2.45, 2.75) is 44.7 Å². The summed E-state index contributed by atoms with van der Waals surface area (Å²) in [4.78, 5) is 13.5. The lowest BCUT2D eigenvalue weighted by Gasteiger charge is -2.41. The van der Waals surface area contributed by atoms with Crippen LogP contribution in [0.15, 0.2) is 48.5 Å². The van der Waals surface area contributed by atoms with E-state index >= 15 is 0 Å². The zero-order valence-corrected chi connectivity index (χ0v) is 15.6. The third-order valence-corrected chi connectivity index (χ3v) is 5.81.